The van der Waals surface area contributed by atoms with Crippen LogP contribution in [-0.2, 0) is 4.79 Å². The molecular formula is C16H16ClNO3. The summed E-state index contributed by atoms with van der Waals surface area (Å²) in [5.74, 6) is 0.844. The highest BCUT2D eigenvalue weighted by atomic mass is 35.5. The van der Waals surface area contributed by atoms with Crippen LogP contribution in [0.1, 0.15) is 6.92 Å². The van der Waals surface area contributed by atoms with E-state index in [2.05, 4.69) is 5.32 Å². The SMILES string of the molecule is COc1ccccc1O[C@@H](C)C(=O)Nc1cccc(Cl)c1. The molecule has 0 saturated heterocycles. The second kappa shape index (κ2) is 6.99. The Hall–Kier alpha value is -2.20. The van der Waals surface area contributed by atoms with Gasteiger partial charge in [0.15, 0.2) is 17.6 Å². The highest BCUT2D eigenvalue weighted by Gasteiger charge is 2.16. The predicted molar refractivity (Wildman–Crippen MR) is 83.2 cm³/mol. The van der Waals surface area contributed by atoms with Crippen LogP contribution in [0.15, 0.2) is 48.5 Å². The molecule has 0 radical (unpaired) electrons. The molecule has 5 heteroatoms. The van der Waals surface area contributed by atoms with Crippen molar-refractivity contribution in [3.05, 3.63) is 53.6 Å². The molecule has 0 aliphatic carbocycles. The maximum Gasteiger partial charge on any atom is 0.265 e. The molecule has 2 aromatic carbocycles. The lowest BCUT2D eigenvalue weighted by atomic mass is 10.3. The van der Waals surface area contributed by atoms with Gasteiger partial charge in [0.05, 0.1) is 7.11 Å². The summed E-state index contributed by atoms with van der Waals surface area (Å²) in [6.45, 7) is 1.67. The van der Waals surface area contributed by atoms with E-state index < -0.39 is 6.10 Å². The molecule has 0 aliphatic rings. The third-order valence-corrected chi connectivity index (χ3v) is 3.07. The van der Waals surface area contributed by atoms with Crippen molar-refractivity contribution in [1.29, 1.82) is 0 Å². The number of halogens is 1. The maximum absolute atomic E-state index is 12.1. The summed E-state index contributed by atoms with van der Waals surface area (Å²) in [6.07, 6.45) is -0.666. The van der Waals surface area contributed by atoms with Gasteiger partial charge in [-0.25, -0.2) is 0 Å². The lowest BCUT2D eigenvalue weighted by Crippen LogP contribution is -2.30. The monoisotopic (exact) mass is 305 g/mol. The van der Waals surface area contributed by atoms with Crippen LogP contribution in [0.2, 0.25) is 5.02 Å². The summed E-state index contributed by atoms with van der Waals surface area (Å²) in [5, 5.41) is 3.31. The molecule has 0 heterocycles. The van der Waals surface area contributed by atoms with Gasteiger partial charge >= 0.3 is 0 Å². The summed E-state index contributed by atoms with van der Waals surface area (Å²) in [7, 11) is 1.55. The normalized spacial score (nSPS) is 11.6. The van der Waals surface area contributed by atoms with E-state index >= 15 is 0 Å². The lowest BCUT2D eigenvalue weighted by Gasteiger charge is -2.16. The number of carbonyl (C=O) groups is 1. The van der Waals surface area contributed by atoms with Crippen molar-refractivity contribution in [2.24, 2.45) is 0 Å². The predicted octanol–water partition coefficient (Wildman–Crippen LogP) is 3.75. The number of anilines is 1. The van der Waals surface area contributed by atoms with Crippen molar-refractivity contribution in [3.8, 4) is 11.5 Å². The Morgan fingerprint density at radius 3 is 2.52 bits per heavy atom. The molecule has 4 nitrogen and oxygen atoms in total. The number of ether oxygens (including phenoxy) is 2. The van der Waals surface area contributed by atoms with Gasteiger partial charge in [-0.1, -0.05) is 29.8 Å². The van der Waals surface area contributed by atoms with Gasteiger partial charge in [-0.15, -0.1) is 0 Å². The number of amides is 1. The van der Waals surface area contributed by atoms with Crippen LogP contribution in [0.3, 0.4) is 0 Å². The minimum absolute atomic E-state index is 0.261. The third kappa shape index (κ3) is 4.13. The molecule has 0 spiro atoms. The van der Waals surface area contributed by atoms with Crippen LogP contribution in [0.5, 0.6) is 11.5 Å². The first kappa shape index (κ1) is 15.2. The summed E-state index contributed by atoms with van der Waals surface area (Å²) < 4.78 is 10.8. The van der Waals surface area contributed by atoms with Crippen LogP contribution >= 0.6 is 11.6 Å². The van der Waals surface area contributed by atoms with Crippen LogP contribution in [0.4, 0.5) is 5.69 Å². The van der Waals surface area contributed by atoms with Crippen molar-refractivity contribution >= 4 is 23.2 Å². The molecule has 0 aromatic heterocycles. The molecule has 2 aromatic rings. The van der Waals surface area contributed by atoms with Crippen LogP contribution in [0.25, 0.3) is 0 Å². The Morgan fingerprint density at radius 2 is 1.86 bits per heavy atom. The highest BCUT2D eigenvalue weighted by Crippen LogP contribution is 2.27. The second-order valence-corrected chi connectivity index (χ2v) is 4.85. The van der Waals surface area contributed by atoms with Crippen LogP contribution in [0, 0.1) is 0 Å². The van der Waals surface area contributed by atoms with Crippen LogP contribution in [-0.4, -0.2) is 19.1 Å². The van der Waals surface area contributed by atoms with E-state index in [0.29, 0.717) is 22.2 Å². The number of benzene rings is 2. The van der Waals surface area contributed by atoms with Gasteiger partial charge < -0.3 is 14.8 Å². The molecular weight excluding hydrogens is 290 g/mol. The number of carbonyl (C=O) groups excluding carboxylic acids is 1. The quantitative estimate of drug-likeness (QED) is 0.915. The molecule has 0 bridgehead atoms. The van der Waals surface area contributed by atoms with Gasteiger partial charge in [0.1, 0.15) is 0 Å². The van der Waals surface area contributed by atoms with Crippen molar-refractivity contribution in [2.45, 2.75) is 13.0 Å². The fourth-order valence-corrected chi connectivity index (χ4v) is 1.96. The first-order chi connectivity index (χ1) is 10.1. The van der Waals surface area contributed by atoms with Crippen molar-refractivity contribution in [1.82, 2.24) is 0 Å². The zero-order valence-corrected chi connectivity index (χ0v) is 12.6. The summed E-state index contributed by atoms with van der Waals surface area (Å²) in [5.41, 5.74) is 0.628. The molecule has 0 aliphatic heterocycles. The first-order valence-corrected chi connectivity index (χ1v) is 6.84. The Morgan fingerprint density at radius 1 is 1.14 bits per heavy atom. The number of nitrogens with one attached hydrogen (secondary N) is 1. The van der Waals surface area contributed by atoms with Gasteiger partial charge in [0, 0.05) is 10.7 Å². The van der Waals surface area contributed by atoms with E-state index in [-0.39, 0.29) is 5.91 Å². The molecule has 1 N–H and O–H groups in total. The second-order valence-electron chi connectivity index (χ2n) is 4.41. The smallest absolute Gasteiger partial charge is 0.265 e. The Balaban J connectivity index is 2.02. The minimum Gasteiger partial charge on any atom is -0.493 e. The largest absolute Gasteiger partial charge is 0.493 e. The fraction of sp³-hybridized carbons (Fsp3) is 0.188. The summed E-state index contributed by atoms with van der Waals surface area (Å²) in [4.78, 5) is 12.1. The molecule has 1 amide bonds. The molecule has 21 heavy (non-hydrogen) atoms. The summed E-state index contributed by atoms with van der Waals surface area (Å²) in [6, 6.07) is 14.1. The molecule has 0 unspecified atom stereocenters. The average Bonchev–Trinajstić information content (AvgIpc) is 2.47. The molecule has 0 fully saturated rings. The number of methoxy groups -OCH3 is 1. The number of para-hydroxylation sites is 2. The van der Waals surface area contributed by atoms with Gasteiger partial charge in [-0.3, -0.25) is 4.79 Å². The molecule has 2 rings (SSSR count). The lowest BCUT2D eigenvalue weighted by molar-refractivity contribution is -0.122. The zero-order chi connectivity index (χ0) is 15.2. The van der Waals surface area contributed by atoms with E-state index in [9.17, 15) is 4.79 Å². The topological polar surface area (TPSA) is 47.6 Å². The standard InChI is InChI=1S/C16H16ClNO3/c1-11(21-15-9-4-3-8-14(15)20-2)16(19)18-13-7-5-6-12(17)10-13/h3-11H,1-2H3,(H,18,19)/t11-/m0/s1. The van der Waals surface area contributed by atoms with E-state index in [1.54, 1.807) is 50.4 Å². The number of rotatable bonds is 5. The fourth-order valence-electron chi connectivity index (χ4n) is 1.77. The van der Waals surface area contributed by atoms with E-state index in [1.165, 1.54) is 0 Å². The highest BCUT2D eigenvalue weighted by molar-refractivity contribution is 6.30. The van der Waals surface area contributed by atoms with Crippen molar-refractivity contribution in [3.63, 3.8) is 0 Å². The zero-order valence-electron chi connectivity index (χ0n) is 11.8. The van der Waals surface area contributed by atoms with Crippen molar-refractivity contribution < 1.29 is 14.3 Å². The van der Waals surface area contributed by atoms with E-state index in [4.69, 9.17) is 21.1 Å². The van der Waals surface area contributed by atoms with E-state index in [1.807, 2.05) is 12.1 Å². The molecule has 0 saturated carbocycles. The van der Waals surface area contributed by atoms with Gasteiger partial charge in [-0.05, 0) is 37.3 Å². The Kier molecular flexibility index (Phi) is 5.06. The van der Waals surface area contributed by atoms with E-state index in [0.717, 1.165) is 0 Å². The minimum atomic E-state index is -0.666. The third-order valence-electron chi connectivity index (χ3n) is 2.83. The number of hydrogen-bond donors (Lipinski definition) is 1. The molecule has 1 atom stereocenters. The van der Waals surface area contributed by atoms with Crippen molar-refractivity contribution in [2.75, 3.05) is 12.4 Å². The molecule has 110 valence electrons. The van der Waals surface area contributed by atoms with Crippen LogP contribution < -0.4 is 14.8 Å². The first-order valence-electron chi connectivity index (χ1n) is 6.46. The Bertz CT molecular complexity index is 630. The van der Waals surface area contributed by atoms with Gasteiger partial charge in [-0.2, -0.15) is 0 Å². The Labute approximate surface area is 128 Å². The summed E-state index contributed by atoms with van der Waals surface area (Å²) >= 11 is 5.88. The number of hydrogen-bond acceptors (Lipinski definition) is 3. The van der Waals surface area contributed by atoms with Gasteiger partial charge in [0.2, 0.25) is 0 Å². The average molecular weight is 306 g/mol. The maximum atomic E-state index is 12.1. The van der Waals surface area contributed by atoms with Gasteiger partial charge in [0.25, 0.3) is 5.91 Å².